The van der Waals surface area contributed by atoms with Gasteiger partial charge in [0.15, 0.2) is 9.84 Å². The van der Waals surface area contributed by atoms with Gasteiger partial charge >= 0.3 is 0 Å². The van der Waals surface area contributed by atoms with Crippen molar-refractivity contribution in [3.63, 3.8) is 0 Å². The molecule has 0 saturated heterocycles. The fraction of sp³-hybridized carbons (Fsp3) is 0.793. The van der Waals surface area contributed by atoms with Crippen molar-refractivity contribution in [3.05, 3.63) is 30.3 Å². The maximum Gasteiger partial charge on any atom is 0.178 e. The lowest BCUT2D eigenvalue weighted by atomic mass is 9.44. The van der Waals surface area contributed by atoms with E-state index in [2.05, 4.69) is 13.8 Å². The van der Waals surface area contributed by atoms with Crippen molar-refractivity contribution in [1.29, 1.82) is 0 Å². The number of aliphatic hydroxyl groups excluding tert-OH is 1. The Balaban J connectivity index is 0.00000126. The zero-order valence-electron chi connectivity index (χ0n) is 21.3. The number of fused-ring (bicyclic) bond motifs is 5. The van der Waals surface area contributed by atoms with Crippen LogP contribution in [0.4, 0.5) is 0 Å². The minimum Gasteiger partial charge on any atom is -0.393 e. The first-order valence-corrected chi connectivity index (χ1v) is 15.3. The summed E-state index contributed by atoms with van der Waals surface area (Å²) < 4.78 is 25.8. The molecule has 8 atom stereocenters. The van der Waals surface area contributed by atoms with Crippen molar-refractivity contribution in [2.75, 3.05) is 5.75 Å². The molecule has 0 amide bonds. The number of sulfone groups is 1. The van der Waals surface area contributed by atoms with Crippen molar-refractivity contribution >= 4 is 9.84 Å². The summed E-state index contributed by atoms with van der Waals surface area (Å²) >= 11 is 0. The second-order valence-electron chi connectivity index (χ2n) is 11.8. The van der Waals surface area contributed by atoms with E-state index in [0.717, 1.165) is 37.0 Å². The third-order valence-electron chi connectivity index (χ3n) is 10.7. The molecule has 1 N–H and O–H groups in total. The van der Waals surface area contributed by atoms with Gasteiger partial charge in [-0.1, -0.05) is 45.9 Å². The number of aliphatic hydroxyl groups is 1. The summed E-state index contributed by atoms with van der Waals surface area (Å²) in [6.45, 7) is 9.04. The largest absolute Gasteiger partial charge is 0.393 e. The second kappa shape index (κ2) is 9.64. The smallest absolute Gasteiger partial charge is 0.178 e. The third-order valence-corrected chi connectivity index (χ3v) is 12.4. The van der Waals surface area contributed by atoms with Crippen LogP contribution in [-0.2, 0) is 9.84 Å². The van der Waals surface area contributed by atoms with E-state index in [-0.39, 0.29) is 11.9 Å². The van der Waals surface area contributed by atoms with Crippen LogP contribution in [0.2, 0.25) is 0 Å². The molecule has 4 saturated carbocycles. The third kappa shape index (κ3) is 4.44. The van der Waals surface area contributed by atoms with E-state index in [4.69, 9.17) is 0 Å². The minimum atomic E-state index is -3.19. The number of rotatable bonds is 4. The van der Waals surface area contributed by atoms with Crippen LogP contribution in [0.3, 0.4) is 0 Å². The lowest BCUT2D eigenvalue weighted by Gasteiger charge is -2.61. The molecule has 3 nitrogen and oxygen atoms in total. The topological polar surface area (TPSA) is 54.4 Å². The van der Waals surface area contributed by atoms with Crippen molar-refractivity contribution in [1.82, 2.24) is 0 Å². The zero-order chi connectivity index (χ0) is 23.9. The van der Waals surface area contributed by atoms with Crippen LogP contribution in [0.25, 0.3) is 0 Å². The van der Waals surface area contributed by atoms with Gasteiger partial charge in [-0.2, -0.15) is 0 Å². The maximum absolute atomic E-state index is 12.9. The number of hydrogen-bond acceptors (Lipinski definition) is 3. The molecule has 5 rings (SSSR count). The molecule has 4 aliphatic rings. The summed E-state index contributed by atoms with van der Waals surface area (Å²) in [7, 11) is -3.19. The van der Waals surface area contributed by atoms with Gasteiger partial charge in [0.1, 0.15) is 0 Å². The highest BCUT2D eigenvalue weighted by Gasteiger charge is 2.59. The van der Waals surface area contributed by atoms with Crippen molar-refractivity contribution in [2.24, 2.45) is 40.4 Å². The van der Waals surface area contributed by atoms with Crippen LogP contribution in [0.1, 0.15) is 91.9 Å². The molecular formula is C29H46O3S. The van der Waals surface area contributed by atoms with Crippen LogP contribution in [0.5, 0.6) is 0 Å². The summed E-state index contributed by atoms with van der Waals surface area (Å²) in [6, 6.07) is 8.99. The van der Waals surface area contributed by atoms with E-state index in [1.165, 1.54) is 44.9 Å². The van der Waals surface area contributed by atoms with Gasteiger partial charge < -0.3 is 5.11 Å². The molecule has 1 aromatic carbocycles. The summed E-state index contributed by atoms with van der Waals surface area (Å²) in [6.07, 6.45) is 11.6. The molecule has 186 valence electrons. The standard InChI is InChI=1S/C27H40O3S.C2H6/c1-26-16-13-25-23(10-8-20-18-21(28)12-15-27(20,25)2)24(26)11-9-19(26)14-17-31(29,30)22-6-4-3-5-7-22;1-2/h3-7,19-21,23-25,28H,8-18H2,1-2H3;1-2H3. The summed E-state index contributed by atoms with van der Waals surface area (Å²) in [5, 5.41) is 10.2. The van der Waals surface area contributed by atoms with Crippen LogP contribution >= 0.6 is 0 Å². The average molecular weight is 475 g/mol. The predicted octanol–water partition coefficient (Wildman–Crippen LogP) is 6.90. The quantitative estimate of drug-likeness (QED) is 0.516. The first-order chi connectivity index (χ1) is 15.7. The fourth-order valence-electron chi connectivity index (χ4n) is 8.86. The van der Waals surface area contributed by atoms with Gasteiger partial charge in [0.2, 0.25) is 0 Å². The van der Waals surface area contributed by atoms with Crippen LogP contribution in [-0.4, -0.2) is 25.4 Å². The highest BCUT2D eigenvalue weighted by atomic mass is 32.2. The first kappa shape index (κ1) is 25.2. The summed E-state index contributed by atoms with van der Waals surface area (Å²) in [5.74, 6) is 3.91. The van der Waals surface area contributed by atoms with Crippen LogP contribution in [0, 0.1) is 40.4 Å². The Morgan fingerprint density at radius 1 is 0.879 bits per heavy atom. The van der Waals surface area contributed by atoms with Gasteiger partial charge in [-0.15, -0.1) is 0 Å². The van der Waals surface area contributed by atoms with E-state index in [1.54, 1.807) is 12.1 Å². The van der Waals surface area contributed by atoms with Gasteiger partial charge in [0, 0.05) is 0 Å². The van der Waals surface area contributed by atoms with Gasteiger partial charge in [-0.3, -0.25) is 0 Å². The molecular weight excluding hydrogens is 428 g/mol. The molecule has 0 bridgehead atoms. The van der Waals surface area contributed by atoms with Crippen LogP contribution < -0.4 is 0 Å². The normalized spacial score (nSPS) is 42.3. The molecule has 1 aromatic rings. The number of hydrogen-bond donors (Lipinski definition) is 1. The highest BCUT2D eigenvalue weighted by molar-refractivity contribution is 7.91. The SMILES string of the molecule is CC.CC12CCC3C(CCC4CC(O)CCC43C)C1CCC2CCS(=O)(=O)c1ccccc1. The molecule has 4 fully saturated rings. The zero-order valence-corrected chi connectivity index (χ0v) is 22.1. The fourth-order valence-corrected chi connectivity index (χ4v) is 10.3. The Bertz CT molecular complexity index is 897. The molecule has 4 aliphatic carbocycles. The highest BCUT2D eigenvalue weighted by Crippen LogP contribution is 2.67. The molecule has 4 heteroatoms. The molecule has 0 aromatic heterocycles. The van der Waals surface area contributed by atoms with Gasteiger partial charge in [-0.05, 0) is 117 Å². The Hall–Kier alpha value is -0.870. The second-order valence-corrected chi connectivity index (χ2v) is 13.9. The average Bonchev–Trinajstić information content (AvgIpc) is 3.16. The summed E-state index contributed by atoms with van der Waals surface area (Å²) in [4.78, 5) is 0.476. The molecule has 8 unspecified atom stereocenters. The van der Waals surface area contributed by atoms with E-state index < -0.39 is 9.84 Å². The Kier molecular flexibility index (Phi) is 7.37. The Morgan fingerprint density at radius 2 is 1.55 bits per heavy atom. The van der Waals surface area contributed by atoms with Gasteiger partial charge in [0.25, 0.3) is 0 Å². The molecule has 33 heavy (non-hydrogen) atoms. The Labute approximate surface area is 202 Å². The molecule has 0 spiro atoms. The summed E-state index contributed by atoms with van der Waals surface area (Å²) in [5.41, 5.74) is 0.725. The molecule has 0 radical (unpaired) electrons. The van der Waals surface area contributed by atoms with Crippen molar-refractivity contribution in [2.45, 2.75) is 103 Å². The van der Waals surface area contributed by atoms with E-state index in [1.807, 2.05) is 32.0 Å². The van der Waals surface area contributed by atoms with E-state index >= 15 is 0 Å². The van der Waals surface area contributed by atoms with E-state index in [9.17, 15) is 13.5 Å². The minimum absolute atomic E-state index is 0.0779. The van der Waals surface area contributed by atoms with Crippen LogP contribution in [0.15, 0.2) is 35.2 Å². The predicted molar refractivity (Wildman–Crippen MR) is 136 cm³/mol. The van der Waals surface area contributed by atoms with E-state index in [0.29, 0.717) is 27.6 Å². The van der Waals surface area contributed by atoms with Crippen molar-refractivity contribution in [3.8, 4) is 0 Å². The molecule has 0 heterocycles. The maximum atomic E-state index is 12.9. The van der Waals surface area contributed by atoms with Gasteiger partial charge in [-0.25, -0.2) is 8.42 Å². The lowest BCUT2D eigenvalue weighted by Crippen LogP contribution is -2.53. The number of benzene rings is 1. The van der Waals surface area contributed by atoms with Gasteiger partial charge in [0.05, 0.1) is 16.8 Å². The first-order valence-electron chi connectivity index (χ1n) is 13.7. The Morgan fingerprint density at radius 3 is 2.27 bits per heavy atom. The lowest BCUT2D eigenvalue weighted by molar-refractivity contribution is -0.126. The van der Waals surface area contributed by atoms with Crippen molar-refractivity contribution < 1.29 is 13.5 Å². The molecule has 0 aliphatic heterocycles. The monoisotopic (exact) mass is 474 g/mol.